The molecule has 1 N–H and O–H groups in total. The maximum Gasteiger partial charge on any atom is 0.259 e. The molecule has 0 radical (unpaired) electrons. The van der Waals surface area contributed by atoms with Gasteiger partial charge in [0, 0.05) is 17.1 Å². The molecule has 0 aromatic heterocycles. The summed E-state index contributed by atoms with van der Waals surface area (Å²) in [5, 5.41) is 3.47. The Hall–Kier alpha value is -3.11. The maximum atomic E-state index is 12.6. The first-order valence-electron chi connectivity index (χ1n) is 8.87. The molecule has 5 heteroatoms. The molecular formula is C23H20ClNO3. The van der Waals surface area contributed by atoms with Gasteiger partial charge in [-0.05, 0) is 48.9 Å². The second kappa shape index (κ2) is 9.20. The molecule has 0 aliphatic rings. The van der Waals surface area contributed by atoms with E-state index in [9.17, 15) is 9.59 Å². The van der Waals surface area contributed by atoms with Crippen LogP contribution in [0.1, 0.15) is 21.5 Å². The van der Waals surface area contributed by atoms with Crippen molar-refractivity contribution in [1.82, 2.24) is 0 Å². The number of anilines is 1. The normalized spacial score (nSPS) is 10.4. The maximum absolute atomic E-state index is 12.6. The van der Waals surface area contributed by atoms with E-state index in [4.69, 9.17) is 16.3 Å². The van der Waals surface area contributed by atoms with Gasteiger partial charge in [0.05, 0.1) is 5.56 Å². The summed E-state index contributed by atoms with van der Waals surface area (Å²) < 4.78 is 5.64. The van der Waals surface area contributed by atoms with Crippen molar-refractivity contribution in [3.05, 3.63) is 94.5 Å². The lowest BCUT2D eigenvalue weighted by Crippen LogP contribution is -2.17. The van der Waals surface area contributed by atoms with Gasteiger partial charge in [-0.25, -0.2) is 0 Å². The van der Waals surface area contributed by atoms with Crippen LogP contribution in [0.4, 0.5) is 5.69 Å². The first-order chi connectivity index (χ1) is 13.5. The van der Waals surface area contributed by atoms with E-state index in [0.29, 0.717) is 22.0 Å². The largest absolute Gasteiger partial charge is 0.485 e. The number of carbonyl (C=O) groups is 2. The minimum Gasteiger partial charge on any atom is -0.485 e. The Morgan fingerprint density at radius 1 is 0.929 bits per heavy atom. The Bertz CT molecular complexity index is 966. The average molecular weight is 394 g/mol. The number of aryl methyl sites for hydroxylation is 1. The average Bonchev–Trinajstić information content (AvgIpc) is 2.70. The van der Waals surface area contributed by atoms with Gasteiger partial charge in [-0.3, -0.25) is 9.59 Å². The Kier molecular flexibility index (Phi) is 6.45. The molecule has 4 nitrogen and oxygen atoms in total. The summed E-state index contributed by atoms with van der Waals surface area (Å²) in [4.78, 5) is 24.8. The fraction of sp³-hybridized carbons (Fsp3) is 0.130. The zero-order chi connectivity index (χ0) is 19.9. The van der Waals surface area contributed by atoms with Crippen molar-refractivity contribution >= 4 is 29.0 Å². The predicted octanol–water partition coefficient (Wildman–Crippen LogP) is 5.09. The lowest BCUT2D eigenvalue weighted by molar-refractivity contribution is -0.120. The molecular weight excluding hydrogens is 374 g/mol. The number of halogens is 1. The van der Waals surface area contributed by atoms with Crippen molar-refractivity contribution in [2.24, 2.45) is 0 Å². The summed E-state index contributed by atoms with van der Waals surface area (Å²) in [6.07, 6.45) is 0.245. The molecule has 3 aromatic carbocycles. The van der Waals surface area contributed by atoms with Crippen molar-refractivity contribution in [2.45, 2.75) is 13.3 Å². The molecule has 0 aliphatic carbocycles. The SMILES string of the molecule is Cc1ccc(NC(=O)c2ccccc2OCC(=O)Cc2ccc(Cl)cc2)cc1. The molecule has 3 rings (SSSR count). The summed E-state index contributed by atoms with van der Waals surface area (Å²) in [7, 11) is 0. The summed E-state index contributed by atoms with van der Waals surface area (Å²) in [5.74, 6) is -0.00256. The van der Waals surface area contributed by atoms with Crippen LogP contribution in [0.5, 0.6) is 5.75 Å². The number of Topliss-reactive ketones (excluding diaryl/α,β-unsaturated/α-hetero) is 1. The van der Waals surface area contributed by atoms with E-state index in [1.54, 1.807) is 36.4 Å². The number of carbonyl (C=O) groups excluding carboxylic acids is 2. The summed E-state index contributed by atoms with van der Waals surface area (Å²) in [6, 6.07) is 21.5. The van der Waals surface area contributed by atoms with Gasteiger partial charge < -0.3 is 10.1 Å². The van der Waals surface area contributed by atoms with Gasteiger partial charge in [0.1, 0.15) is 12.4 Å². The number of para-hydroxylation sites is 1. The molecule has 1 amide bonds. The molecule has 142 valence electrons. The highest BCUT2D eigenvalue weighted by Crippen LogP contribution is 2.20. The number of hydrogen-bond donors (Lipinski definition) is 1. The summed E-state index contributed by atoms with van der Waals surface area (Å²) in [5.41, 5.74) is 3.05. The number of ketones is 1. The molecule has 0 heterocycles. The van der Waals surface area contributed by atoms with Gasteiger partial charge in [0.2, 0.25) is 0 Å². The molecule has 0 spiro atoms. The fourth-order valence-electron chi connectivity index (χ4n) is 2.65. The smallest absolute Gasteiger partial charge is 0.259 e. The van der Waals surface area contributed by atoms with Gasteiger partial charge in [-0.2, -0.15) is 0 Å². The van der Waals surface area contributed by atoms with E-state index in [1.807, 2.05) is 43.3 Å². The highest BCUT2D eigenvalue weighted by atomic mass is 35.5. The number of amides is 1. The van der Waals surface area contributed by atoms with Crippen LogP contribution in [0.25, 0.3) is 0 Å². The Morgan fingerprint density at radius 3 is 2.32 bits per heavy atom. The van der Waals surface area contributed by atoms with Crippen LogP contribution in [-0.4, -0.2) is 18.3 Å². The lowest BCUT2D eigenvalue weighted by atomic mass is 10.1. The van der Waals surface area contributed by atoms with Gasteiger partial charge in [0.15, 0.2) is 5.78 Å². The summed E-state index contributed by atoms with van der Waals surface area (Å²) in [6.45, 7) is 1.87. The van der Waals surface area contributed by atoms with E-state index in [0.717, 1.165) is 11.1 Å². The van der Waals surface area contributed by atoms with E-state index in [1.165, 1.54) is 0 Å². The lowest BCUT2D eigenvalue weighted by Gasteiger charge is -2.11. The fourth-order valence-corrected chi connectivity index (χ4v) is 2.78. The third-order valence-corrected chi connectivity index (χ3v) is 4.40. The van der Waals surface area contributed by atoms with Crippen molar-refractivity contribution in [3.8, 4) is 5.75 Å². The number of benzene rings is 3. The molecule has 0 saturated carbocycles. The second-order valence-corrected chi connectivity index (χ2v) is 6.88. The zero-order valence-electron chi connectivity index (χ0n) is 15.4. The predicted molar refractivity (Wildman–Crippen MR) is 111 cm³/mol. The minimum absolute atomic E-state index is 0.0870. The molecule has 3 aromatic rings. The second-order valence-electron chi connectivity index (χ2n) is 6.45. The number of hydrogen-bond acceptors (Lipinski definition) is 3. The van der Waals surface area contributed by atoms with Crippen LogP contribution in [0, 0.1) is 6.92 Å². The standard InChI is InChI=1S/C23H20ClNO3/c1-16-6-12-19(13-7-16)25-23(27)21-4-2-3-5-22(21)28-15-20(26)14-17-8-10-18(24)11-9-17/h2-13H,14-15H2,1H3,(H,25,27). The van der Waals surface area contributed by atoms with Crippen molar-refractivity contribution in [1.29, 1.82) is 0 Å². The number of rotatable bonds is 7. The molecule has 0 saturated heterocycles. The first kappa shape index (κ1) is 19.6. The Morgan fingerprint density at radius 2 is 1.61 bits per heavy atom. The molecule has 0 aliphatic heterocycles. The molecule has 0 unspecified atom stereocenters. The number of nitrogens with one attached hydrogen (secondary N) is 1. The molecule has 0 fully saturated rings. The minimum atomic E-state index is -0.287. The topological polar surface area (TPSA) is 55.4 Å². The van der Waals surface area contributed by atoms with Crippen molar-refractivity contribution in [2.75, 3.05) is 11.9 Å². The van der Waals surface area contributed by atoms with Crippen LogP contribution in [0.2, 0.25) is 5.02 Å². The van der Waals surface area contributed by atoms with E-state index >= 15 is 0 Å². The third kappa shape index (κ3) is 5.44. The van der Waals surface area contributed by atoms with Gasteiger partial charge in [-0.1, -0.05) is 53.6 Å². The highest BCUT2D eigenvalue weighted by Gasteiger charge is 2.14. The zero-order valence-corrected chi connectivity index (χ0v) is 16.2. The van der Waals surface area contributed by atoms with Crippen LogP contribution in [-0.2, 0) is 11.2 Å². The number of ether oxygens (including phenoxy) is 1. The van der Waals surface area contributed by atoms with Crippen LogP contribution in [0.3, 0.4) is 0 Å². The molecule has 0 atom stereocenters. The van der Waals surface area contributed by atoms with Crippen LogP contribution in [0.15, 0.2) is 72.8 Å². The highest BCUT2D eigenvalue weighted by molar-refractivity contribution is 6.30. The van der Waals surface area contributed by atoms with Gasteiger partial charge in [0.25, 0.3) is 5.91 Å². The molecule has 0 bridgehead atoms. The van der Waals surface area contributed by atoms with Crippen molar-refractivity contribution < 1.29 is 14.3 Å². The summed E-state index contributed by atoms with van der Waals surface area (Å²) >= 11 is 5.85. The van der Waals surface area contributed by atoms with Gasteiger partial charge >= 0.3 is 0 Å². The van der Waals surface area contributed by atoms with Gasteiger partial charge in [-0.15, -0.1) is 0 Å². The van der Waals surface area contributed by atoms with E-state index in [2.05, 4.69) is 5.32 Å². The quantitative estimate of drug-likeness (QED) is 0.608. The van der Waals surface area contributed by atoms with Crippen LogP contribution < -0.4 is 10.1 Å². The first-order valence-corrected chi connectivity index (χ1v) is 9.25. The monoisotopic (exact) mass is 393 g/mol. The van der Waals surface area contributed by atoms with Crippen LogP contribution >= 0.6 is 11.6 Å². The Balaban J connectivity index is 1.63. The van der Waals surface area contributed by atoms with E-state index in [-0.39, 0.29) is 24.7 Å². The van der Waals surface area contributed by atoms with E-state index < -0.39 is 0 Å². The van der Waals surface area contributed by atoms with Crippen molar-refractivity contribution in [3.63, 3.8) is 0 Å². The molecule has 28 heavy (non-hydrogen) atoms. The third-order valence-electron chi connectivity index (χ3n) is 4.14. The Labute approximate surface area is 169 Å².